The van der Waals surface area contributed by atoms with Gasteiger partial charge in [0.05, 0.1) is 5.25 Å². The number of nitrogens with one attached hydrogen (secondary N) is 1. The zero-order valence-corrected chi connectivity index (χ0v) is 12.1. The summed E-state index contributed by atoms with van der Waals surface area (Å²) in [6.45, 7) is 9.07. The maximum absolute atomic E-state index is 11.6. The molecule has 16 heavy (non-hydrogen) atoms. The average molecular weight is 249 g/mol. The van der Waals surface area contributed by atoms with Crippen LogP contribution in [0.4, 0.5) is 0 Å². The van der Waals surface area contributed by atoms with E-state index in [4.69, 9.17) is 0 Å². The molecule has 3 atom stereocenters. The van der Waals surface area contributed by atoms with Crippen molar-refractivity contribution in [1.29, 1.82) is 0 Å². The highest BCUT2D eigenvalue weighted by Crippen LogP contribution is 2.18. The third kappa shape index (κ3) is 5.30. The van der Waals surface area contributed by atoms with Crippen molar-refractivity contribution in [3.05, 3.63) is 0 Å². The Morgan fingerprint density at radius 3 is 2.06 bits per heavy atom. The fraction of sp³-hybridized carbons (Fsp3) is 1.00. The van der Waals surface area contributed by atoms with Crippen LogP contribution in [-0.4, -0.2) is 32.5 Å². The third-order valence-electron chi connectivity index (χ3n) is 3.17. The zero-order chi connectivity index (χ0) is 12.8. The Bertz CT molecular complexity index is 275. The molecule has 0 aromatic rings. The molecular formula is C12H27NO2S. The van der Waals surface area contributed by atoms with Crippen LogP contribution in [0.5, 0.6) is 0 Å². The smallest absolute Gasteiger partial charge is 0.151 e. The monoisotopic (exact) mass is 249 g/mol. The van der Waals surface area contributed by atoms with Gasteiger partial charge in [-0.15, -0.1) is 0 Å². The molecular weight excluding hydrogens is 222 g/mol. The van der Waals surface area contributed by atoms with Crippen LogP contribution in [0.15, 0.2) is 0 Å². The molecule has 98 valence electrons. The largest absolute Gasteiger partial charge is 0.312 e. The van der Waals surface area contributed by atoms with Crippen molar-refractivity contribution in [2.24, 2.45) is 5.92 Å². The van der Waals surface area contributed by atoms with E-state index in [0.717, 1.165) is 25.8 Å². The summed E-state index contributed by atoms with van der Waals surface area (Å²) in [4.78, 5) is 0. The van der Waals surface area contributed by atoms with E-state index in [1.54, 1.807) is 0 Å². The van der Waals surface area contributed by atoms with E-state index in [0.29, 0.717) is 5.92 Å². The molecule has 0 saturated carbocycles. The molecule has 0 aliphatic heterocycles. The van der Waals surface area contributed by atoms with E-state index in [1.807, 2.05) is 6.92 Å². The Hall–Kier alpha value is -0.0900. The van der Waals surface area contributed by atoms with Gasteiger partial charge in [-0.05, 0) is 32.2 Å². The Labute approximate surface area is 101 Å². The van der Waals surface area contributed by atoms with Gasteiger partial charge < -0.3 is 5.32 Å². The fourth-order valence-electron chi connectivity index (χ4n) is 2.04. The molecule has 0 aromatic heterocycles. The summed E-state index contributed by atoms with van der Waals surface area (Å²) < 4.78 is 23.2. The standard InChI is InChI=1S/C12H27NO2S/c1-6-8-10(3)12(13-9-7-2)11(4)16(5,14)15/h10-13H,6-9H2,1-5H3. The van der Waals surface area contributed by atoms with E-state index in [2.05, 4.69) is 26.1 Å². The minimum absolute atomic E-state index is 0.0786. The molecule has 0 aliphatic rings. The normalized spacial score (nSPS) is 18.1. The highest BCUT2D eigenvalue weighted by atomic mass is 32.2. The van der Waals surface area contributed by atoms with Crippen molar-refractivity contribution in [2.75, 3.05) is 12.8 Å². The summed E-state index contributed by atoms with van der Waals surface area (Å²) in [5.74, 6) is 0.404. The minimum atomic E-state index is -2.96. The number of sulfone groups is 1. The first-order valence-corrected chi connectivity index (χ1v) is 8.22. The Morgan fingerprint density at radius 2 is 1.69 bits per heavy atom. The molecule has 0 bridgehead atoms. The van der Waals surface area contributed by atoms with Gasteiger partial charge in [0.2, 0.25) is 0 Å². The second kappa shape index (κ2) is 7.28. The average Bonchev–Trinajstić information content (AvgIpc) is 2.17. The van der Waals surface area contributed by atoms with Gasteiger partial charge in [0.25, 0.3) is 0 Å². The van der Waals surface area contributed by atoms with Crippen LogP contribution >= 0.6 is 0 Å². The molecule has 0 aromatic carbocycles. The Kier molecular flexibility index (Phi) is 7.24. The number of rotatable bonds is 8. The van der Waals surface area contributed by atoms with E-state index < -0.39 is 9.84 Å². The lowest BCUT2D eigenvalue weighted by atomic mass is 9.94. The first kappa shape index (κ1) is 15.9. The molecule has 0 amide bonds. The van der Waals surface area contributed by atoms with Crippen LogP contribution < -0.4 is 5.32 Å². The van der Waals surface area contributed by atoms with Gasteiger partial charge in [0.1, 0.15) is 0 Å². The highest BCUT2D eigenvalue weighted by molar-refractivity contribution is 7.91. The fourth-order valence-corrected chi connectivity index (χ4v) is 2.94. The molecule has 0 heterocycles. The summed E-state index contributed by atoms with van der Waals surface area (Å²) in [5.41, 5.74) is 0. The predicted octanol–water partition coefficient (Wildman–Crippen LogP) is 2.22. The summed E-state index contributed by atoms with van der Waals surface area (Å²) >= 11 is 0. The summed E-state index contributed by atoms with van der Waals surface area (Å²) in [6, 6.07) is 0.0786. The minimum Gasteiger partial charge on any atom is -0.312 e. The van der Waals surface area contributed by atoms with Gasteiger partial charge in [0.15, 0.2) is 9.84 Å². The number of hydrogen-bond donors (Lipinski definition) is 1. The molecule has 0 saturated heterocycles. The highest BCUT2D eigenvalue weighted by Gasteiger charge is 2.29. The summed E-state index contributed by atoms with van der Waals surface area (Å²) in [7, 11) is -2.96. The third-order valence-corrected chi connectivity index (χ3v) is 4.81. The first-order chi connectivity index (χ1) is 7.34. The summed E-state index contributed by atoms with van der Waals surface area (Å²) in [6.07, 6.45) is 4.53. The molecule has 0 spiro atoms. The van der Waals surface area contributed by atoms with Gasteiger partial charge >= 0.3 is 0 Å². The van der Waals surface area contributed by atoms with Gasteiger partial charge in [-0.1, -0.05) is 27.2 Å². The van der Waals surface area contributed by atoms with Crippen molar-refractivity contribution in [2.45, 2.75) is 58.2 Å². The quantitative estimate of drug-likeness (QED) is 0.717. The van der Waals surface area contributed by atoms with Gasteiger partial charge in [-0.2, -0.15) is 0 Å². The van der Waals surface area contributed by atoms with Crippen LogP contribution in [0.25, 0.3) is 0 Å². The van der Waals surface area contributed by atoms with Crippen LogP contribution in [0.1, 0.15) is 47.0 Å². The molecule has 1 N–H and O–H groups in total. The van der Waals surface area contributed by atoms with Crippen molar-refractivity contribution in [3.8, 4) is 0 Å². The Morgan fingerprint density at radius 1 is 1.12 bits per heavy atom. The van der Waals surface area contributed by atoms with Crippen LogP contribution in [0.2, 0.25) is 0 Å². The van der Waals surface area contributed by atoms with Crippen molar-refractivity contribution >= 4 is 9.84 Å². The van der Waals surface area contributed by atoms with E-state index in [1.165, 1.54) is 6.26 Å². The van der Waals surface area contributed by atoms with Crippen LogP contribution in [0, 0.1) is 5.92 Å². The van der Waals surface area contributed by atoms with Crippen molar-refractivity contribution in [1.82, 2.24) is 5.32 Å². The molecule has 3 unspecified atom stereocenters. The maximum atomic E-state index is 11.6. The lowest BCUT2D eigenvalue weighted by Crippen LogP contribution is -2.46. The van der Waals surface area contributed by atoms with Crippen LogP contribution in [0.3, 0.4) is 0 Å². The second-order valence-corrected chi connectivity index (χ2v) is 7.18. The van der Waals surface area contributed by atoms with E-state index in [9.17, 15) is 8.42 Å². The van der Waals surface area contributed by atoms with E-state index >= 15 is 0 Å². The molecule has 0 radical (unpaired) electrons. The lowest BCUT2D eigenvalue weighted by molar-refractivity contribution is 0.346. The van der Waals surface area contributed by atoms with Gasteiger partial charge in [-0.25, -0.2) is 8.42 Å². The first-order valence-electron chi connectivity index (χ1n) is 6.26. The van der Waals surface area contributed by atoms with Gasteiger partial charge in [-0.3, -0.25) is 0 Å². The zero-order valence-electron chi connectivity index (χ0n) is 11.3. The molecule has 3 nitrogen and oxygen atoms in total. The Balaban J connectivity index is 4.65. The lowest BCUT2D eigenvalue weighted by Gasteiger charge is -2.29. The molecule has 0 fully saturated rings. The molecule has 4 heteroatoms. The van der Waals surface area contributed by atoms with Crippen LogP contribution in [-0.2, 0) is 9.84 Å². The molecule has 0 aliphatic carbocycles. The predicted molar refractivity (Wildman–Crippen MR) is 70.5 cm³/mol. The SMILES string of the molecule is CCCNC(C(C)CCC)C(C)S(C)(=O)=O. The molecule has 0 rings (SSSR count). The second-order valence-electron chi connectivity index (χ2n) is 4.78. The topological polar surface area (TPSA) is 46.2 Å². The summed E-state index contributed by atoms with van der Waals surface area (Å²) in [5, 5.41) is 3.08. The van der Waals surface area contributed by atoms with Crippen molar-refractivity contribution in [3.63, 3.8) is 0 Å². The van der Waals surface area contributed by atoms with E-state index in [-0.39, 0.29) is 11.3 Å². The van der Waals surface area contributed by atoms with Gasteiger partial charge in [0, 0.05) is 12.3 Å². The van der Waals surface area contributed by atoms with Crippen molar-refractivity contribution < 1.29 is 8.42 Å². The maximum Gasteiger partial charge on any atom is 0.151 e. The number of hydrogen-bond acceptors (Lipinski definition) is 3.